The summed E-state index contributed by atoms with van der Waals surface area (Å²) in [7, 11) is 3.25. The molecule has 0 saturated carbocycles. The van der Waals surface area contributed by atoms with Gasteiger partial charge in [0, 0.05) is 23.4 Å². The zero-order valence-corrected chi connectivity index (χ0v) is 14.4. The van der Waals surface area contributed by atoms with Gasteiger partial charge in [-0.25, -0.2) is 4.98 Å². The molecule has 0 unspecified atom stereocenters. The first-order valence-corrected chi connectivity index (χ1v) is 7.86. The van der Waals surface area contributed by atoms with E-state index in [9.17, 15) is 4.79 Å². The highest BCUT2D eigenvalue weighted by Crippen LogP contribution is 2.29. The first-order valence-electron chi connectivity index (χ1n) is 7.86. The minimum atomic E-state index is -0.321. The number of hydrogen-bond acceptors (Lipinski definition) is 5. The van der Waals surface area contributed by atoms with Gasteiger partial charge in [0.05, 0.1) is 25.4 Å². The lowest BCUT2D eigenvalue weighted by Gasteiger charge is -2.11. The maximum Gasteiger partial charge on any atom is 0.302 e. The third-order valence-electron chi connectivity index (χ3n) is 3.92. The van der Waals surface area contributed by atoms with Gasteiger partial charge in [-0.3, -0.25) is 4.79 Å². The third-order valence-corrected chi connectivity index (χ3v) is 3.92. The molecule has 1 aromatic heterocycles. The van der Waals surface area contributed by atoms with Crippen molar-refractivity contribution in [3.05, 3.63) is 54.1 Å². The summed E-state index contributed by atoms with van der Waals surface area (Å²) in [5, 5.41) is 0.901. The minimum absolute atomic E-state index is 0.185. The molecule has 0 aliphatic rings. The summed E-state index contributed by atoms with van der Waals surface area (Å²) < 4.78 is 15.7. The van der Waals surface area contributed by atoms with Crippen LogP contribution in [0.15, 0.2) is 48.5 Å². The molecule has 0 saturated heterocycles. The van der Waals surface area contributed by atoms with Crippen molar-refractivity contribution in [2.24, 2.45) is 0 Å². The van der Waals surface area contributed by atoms with Crippen molar-refractivity contribution < 1.29 is 19.0 Å². The predicted molar refractivity (Wildman–Crippen MR) is 95.8 cm³/mol. The predicted octanol–water partition coefficient (Wildman–Crippen LogP) is 3.98. The molecule has 128 valence electrons. The van der Waals surface area contributed by atoms with Crippen LogP contribution in [0.5, 0.6) is 11.5 Å². The number of aromatic nitrogens is 1. The van der Waals surface area contributed by atoms with Crippen LogP contribution in [0, 0.1) is 0 Å². The SMILES string of the molecule is COc1ccc(-c2cc(COC(C)=O)c3cc(OC)ccc3n2)cc1. The second kappa shape index (κ2) is 7.21. The van der Waals surface area contributed by atoms with Crippen LogP contribution in [-0.2, 0) is 16.1 Å². The van der Waals surface area contributed by atoms with Crippen LogP contribution in [0.4, 0.5) is 0 Å². The largest absolute Gasteiger partial charge is 0.497 e. The smallest absolute Gasteiger partial charge is 0.302 e. The van der Waals surface area contributed by atoms with E-state index in [1.54, 1.807) is 14.2 Å². The van der Waals surface area contributed by atoms with Crippen molar-refractivity contribution in [1.82, 2.24) is 4.98 Å². The van der Waals surface area contributed by atoms with Gasteiger partial charge in [-0.2, -0.15) is 0 Å². The van der Waals surface area contributed by atoms with E-state index in [4.69, 9.17) is 19.2 Å². The Hall–Kier alpha value is -3.08. The van der Waals surface area contributed by atoms with Crippen molar-refractivity contribution in [1.29, 1.82) is 0 Å². The molecule has 5 nitrogen and oxygen atoms in total. The molecule has 0 N–H and O–H groups in total. The van der Waals surface area contributed by atoms with Crippen LogP contribution >= 0.6 is 0 Å². The summed E-state index contributed by atoms with van der Waals surface area (Å²) in [6, 6.07) is 15.3. The van der Waals surface area contributed by atoms with E-state index < -0.39 is 0 Å². The fraction of sp³-hybridized carbons (Fsp3) is 0.200. The fourth-order valence-corrected chi connectivity index (χ4v) is 2.61. The van der Waals surface area contributed by atoms with E-state index in [1.165, 1.54) is 6.92 Å². The molecule has 0 amide bonds. The van der Waals surface area contributed by atoms with Crippen LogP contribution in [0.3, 0.4) is 0 Å². The third kappa shape index (κ3) is 3.71. The van der Waals surface area contributed by atoms with E-state index >= 15 is 0 Å². The molecule has 0 bridgehead atoms. The van der Waals surface area contributed by atoms with E-state index in [1.807, 2.05) is 48.5 Å². The van der Waals surface area contributed by atoms with Gasteiger partial charge in [0.2, 0.25) is 0 Å². The number of pyridine rings is 1. The quantitative estimate of drug-likeness (QED) is 0.659. The number of benzene rings is 2. The first-order chi connectivity index (χ1) is 12.1. The number of esters is 1. The number of rotatable bonds is 5. The molecule has 0 aliphatic carbocycles. The molecule has 1 heterocycles. The second-order valence-corrected chi connectivity index (χ2v) is 5.56. The molecule has 3 rings (SSSR count). The summed E-state index contributed by atoms with van der Waals surface area (Å²) >= 11 is 0. The van der Waals surface area contributed by atoms with Crippen molar-refractivity contribution in [2.45, 2.75) is 13.5 Å². The normalized spacial score (nSPS) is 10.5. The van der Waals surface area contributed by atoms with Crippen LogP contribution in [0.1, 0.15) is 12.5 Å². The monoisotopic (exact) mass is 337 g/mol. The molecule has 0 spiro atoms. The molecule has 0 aliphatic heterocycles. The van der Waals surface area contributed by atoms with Gasteiger partial charge in [0.1, 0.15) is 18.1 Å². The number of ether oxygens (including phenoxy) is 3. The molecule has 0 radical (unpaired) electrons. The maximum atomic E-state index is 11.2. The number of fused-ring (bicyclic) bond motifs is 1. The van der Waals surface area contributed by atoms with Gasteiger partial charge in [0.15, 0.2) is 0 Å². The molecule has 0 fully saturated rings. The Morgan fingerprint density at radius 1 is 0.960 bits per heavy atom. The highest BCUT2D eigenvalue weighted by Gasteiger charge is 2.10. The molecular weight excluding hydrogens is 318 g/mol. The van der Waals surface area contributed by atoms with Crippen LogP contribution in [0.25, 0.3) is 22.2 Å². The van der Waals surface area contributed by atoms with E-state index in [0.717, 1.165) is 39.2 Å². The fourth-order valence-electron chi connectivity index (χ4n) is 2.61. The van der Waals surface area contributed by atoms with E-state index in [2.05, 4.69) is 0 Å². The zero-order chi connectivity index (χ0) is 17.8. The first kappa shape index (κ1) is 16.8. The Morgan fingerprint density at radius 3 is 2.28 bits per heavy atom. The number of carbonyl (C=O) groups is 1. The molecule has 3 aromatic rings. The van der Waals surface area contributed by atoms with Gasteiger partial charge in [-0.15, -0.1) is 0 Å². The molecule has 5 heteroatoms. The summed E-state index contributed by atoms with van der Waals surface area (Å²) in [6.07, 6.45) is 0. The minimum Gasteiger partial charge on any atom is -0.497 e. The van der Waals surface area contributed by atoms with Gasteiger partial charge in [-0.1, -0.05) is 0 Å². The van der Waals surface area contributed by atoms with Gasteiger partial charge < -0.3 is 14.2 Å². The molecule has 0 atom stereocenters. The van der Waals surface area contributed by atoms with Crippen LogP contribution in [0.2, 0.25) is 0 Å². The lowest BCUT2D eigenvalue weighted by atomic mass is 10.0. The Balaban J connectivity index is 2.11. The highest BCUT2D eigenvalue weighted by molar-refractivity contribution is 5.86. The van der Waals surface area contributed by atoms with Crippen LogP contribution < -0.4 is 9.47 Å². The zero-order valence-electron chi connectivity index (χ0n) is 14.4. The average molecular weight is 337 g/mol. The Labute approximate surface area is 146 Å². The van der Waals surface area contributed by atoms with Gasteiger partial charge in [-0.05, 0) is 48.5 Å². The Kier molecular flexibility index (Phi) is 4.84. The summed E-state index contributed by atoms with van der Waals surface area (Å²) in [5.41, 5.74) is 3.46. The Morgan fingerprint density at radius 2 is 1.64 bits per heavy atom. The maximum absolute atomic E-state index is 11.2. The van der Waals surface area contributed by atoms with Crippen molar-refractivity contribution in [3.63, 3.8) is 0 Å². The number of carbonyl (C=O) groups excluding carboxylic acids is 1. The van der Waals surface area contributed by atoms with Crippen molar-refractivity contribution >= 4 is 16.9 Å². The lowest BCUT2D eigenvalue weighted by Crippen LogP contribution is -2.01. The van der Waals surface area contributed by atoms with E-state index in [0.29, 0.717) is 0 Å². The Bertz CT molecular complexity index is 903. The van der Waals surface area contributed by atoms with E-state index in [-0.39, 0.29) is 12.6 Å². The number of nitrogens with zero attached hydrogens (tertiary/aromatic N) is 1. The second-order valence-electron chi connectivity index (χ2n) is 5.56. The average Bonchev–Trinajstić information content (AvgIpc) is 2.65. The topological polar surface area (TPSA) is 57.7 Å². The van der Waals surface area contributed by atoms with Crippen molar-refractivity contribution in [3.8, 4) is 22.8 Å². The van der Waals surface area contributed by atoms with Gasteiger partial charge in [0.25, 0.3) is 0 Å². The molecule has 25 heavy (non-hydrogen) atoms. The lowest BCUT2D eigenvalue weighted by molar-refractivity contribution is -0.142. The standard InChI is InChI=1S/C20H19NO4/c1-13(22)25-12-15-10-20(14-4-6-16(23-2)7-5-14)21-19-9-8-17(24-3)11-18(15)19/h4-11H,12H2,1-3H3. The number of hydrogen-bond donors (Lipinski definition) is 0. The van der Waals surface area contributed by atoms with Crippen LogP contribution in [-0.4, -0.2) is 25.2 Å². The summed E-state index contributed by atoms with van der Waals surface area (Å²) in [5.74, 6) is 1.20. The van der Waals surface area contributed by atoms with Gasteiger partial charge >= 0.3 is 5.97 Å². The molecular formula is C20H19NO4. The summed E-state index contributed by atoms with van der Waals surface area (Å²) in [4.78, 5) is 16.0. The molecule has 2 aromatic carbocycles. The van der Waals surface area contributed by atoms with Crippen molar-refractivity contribution in [2.75, 3.05) is 14.2 Å². The summed E-state index contributed by atoms with van der Waals surface area (Å²) in [6.45, 7) is 1.58. The highest BCUT2D eigenvalue weighted by atomic mass is 16.5. The number of methoxy groups -OCH3 is 2.